The van der Waals surface area contributed by atoms with Crippen LogP contribution >= 0.6 is 0 Å². The number of nitrogens with two attached hydrogens (primary N) is 1. The first-order valence-electron chi connectivity index (χ1n) is 4.44. The minimum absolute atomic E-state index is 0.411. The molecule has 0 radical (unpaired) electrons. The highest BCUT2D eigenvalue weighted by molar-refractivity contribution is 5.57. The molecule has 2 N–H and O–H groups in total. The summed E-state index contributed by atoms with van der Waals surface area (Å²) >= 11 is 0. The van der Waals surface area contributed by atoms with E-state index in [1.54, 1.807) is 12.4 Å². The summed E-state index contributed by atoms with van der Waals surface area (Å²) in [6, 6.07) is 3.98. The zero-order chi connectivity index (χ0) is 9.97. The number of hydrogen-bond donors (Lipinski definition) is 1. The standard InChI is InChI=1S/C10H12N4/c1-14-6-2-3-9(14)10-8(7-11)12-4-5-13-10/h2-6H,7,11H2,1H3. The summed E-state index contributed by atoms with van der Waals surface area (Å²) in [6.45, 7) is 0.411. The topological polar surface area (TPSA) is 56.7 Å². The van der Waals surface area contributed by atoms with Gasteiger partial charge in [0.25, 0.3) is 0 Å². The van der Waals surface area contributed by atoms with E-state index < -0.39 is 0 Å². The quantitative estimate of drug-likeness (QED) is 0.763. The van der Waals surface area contributed by atoms with Crippen LogP contribution in [0.1, 0.15) is 5.69 Å². The number of nitrogens with zero attached hydrogens (tertiary/aromatic N) is 3. The Morgan fingerprint density at radius 3 is 2.79 bits per heavy atom. The van der Waals surface area contributed by atoms with E-state index in [0.717, 1.165) is 17.1 Å². The van der Waals surface area contributed by atoms with Gasteiger partial charge in [-0.2, -0.15) is 0 Å². The molecule has 0 atom stereocenters. The molecule has 0 aliphatic heterocycles. The van der Waals surface area contributed by atoms with Crippen molar-refractivity contribution in [1.82, 2.24) is 14.5 Å². The third-order valence-corrected chi connectivity index (χ3v) is 2.15. The van der Waals surface area contributed by atoms with Crippen LogP contribution < -0.4 is 5.73 Å². The highest BCUT2D eigenvalue weighted by Gasteiger charge is 2.08. The predicted octanol–water partition coefficient (Wildman–Crippen LogP) is 0.941. The monoisotopic (exact) mass is 188 g/mol. The van der Waals surface area contributed by atoms with Crippen LogP contribution in [-0.2, 0) is 13.6 Å². The van der Waals surface area contributed by atoms with E-state index in [9.17, 15) is 0 Å². The first kappa shape index (κ1) is 8.90. The molecular weight excluding hydrogens is 176 g/mol. The Morgan fingerprint density at radius 2 is 2.14 bits per heavy atom. The van der Waals surface area contributed by atoms with Gasteiger partial charge in [0, 0.05) is 32.2 Å². The molecule has 0 aliphatic rings. The summed E-state index contributed by atoms with van der Waals surface area (Å²) in [5, 5.41) is 0. The molecule has 0 fully saturated rings. The molecule has 4 nitrogen and oxygen atoms in total. The lowest BCUT2D eigenvalue weighted by Crippen LogP contribution is -2.05. The van der Waals surface area contributed by atoms with Crippen molar-refractivity contribution in [2.24, 2.45) is 12.8 Å². The third kappa shape index (κ3) is 1.40. The molecule has 0 unspecified atom stereocenters. The van der Waals surface area contributed by atoms with E-state index in [4.69, 9.17) is 5.73 Å². The summed E-state index contributed by atoms with van der Waals surface area (Å²) in [6.07, 6.45) is 5.32. The minimum atomic E-state index is 0.411. The lowest BCUT2D eigenvalue weighted by Gasteiger charge is -2.05. The maximum atomic E-state index is 5.60. The van der Waals surface area contributed by atoms with Gasteiger partial charge in [0.2, 0.25) is 0 Å². The van der Waals surface area contributed by atoms with Crippen LogP contribution in [0.15, 0.2) is 30.7 Å². The second kappa shape index (κ2) is 3.59. The Labute approximate surface area is 82.4 Å². The van der Waals surface area contributed by atoms with Crippen LogP contribution in [0.25, 0.3) is 11.4 Å². The van der Waals surface area contributed by atoms with E-state index in [0.29, 0.717) is 6.54 Å². The molecule has 72 valence electrons. The van der Waals surface area contributed by atoms with Crippen LogP contribution in [0.3, 0.4) is 0 Å². The number of aryl methyl sites for hydroxylation is 1. The molecule has 0 bridgehead atoms. The van der Waals surface area contributed by atoms with Crippen molar-refractivity contribution in [2.75, 3.05) is 0 Å². The summed E-state index contributed by atoms with van der Waals surface area (Å²) in [5.74, 6) is 0. The van der Waals surface area contributed by atoms with Crippen molar-refractivity contribution in [1.29, 1.82) is 0 Å². The van der Waals surface area contributed by atoms with Gasteiger partial charge in [-0.15, -0.1) is 0 Å². The van der Waals surface area contributed by atoms with E-state index in [-0.39, 0.29) is 0 Å². The summed E-state index contributed by atoms with van der Waals surface area (Å²) in [4.78, 5) is 8.48. The van der Waals surface area contributed by atoms with Crippen LogP contribution in [0, 0.1) is 0 Å². The zero-order valence-electron chi connectivity index (χ0n) is 8.01. The van der Waals surface area contributed by atoms with Crippen molar-refractivity contribution in [3.63, 3.8) is 0 Å². The molecule has 4 heteroatoms. The number of aromatic nitrogens is 3. The van der Waals surface area contributed by atoms with E-state index in [1.807, 2.05) is 29.9 Å². The average molecular weight is 188 g/mol. The van der Waals surface area contributed by atoms with Gasteiger partial charge in [0.15, 0.2) is 0 Å². The fourth-order valence-electron chi connectivity index (χ4n) is 1.44. The van der Waals surface area contributed by atoms with Crippen LogP contribution in [-0.4, -0.2) is 14.5 Å². The molecule has 2 heterocycles. The van der Waals surface area contributed by atoms with Gasteiger partial charge in [-0.25, -0.2) is 0 Å². The lowest BCUT2D eigenvalue weighted by molar-refractivity contribution is 0.907. The highest BCUT2D eigenvalue weighted by Crippen LogP contribution is 2.18. The Bertz CT molecular complexity index is 433. The minimum Gasteiger partial charge on any atom is -0.349 e. The Morgan fingerprint density at radius 1 is 1.36 bits per heavy atom. The Hall–Kier alpha value is -1.68. The molecule has 0 aromatic carbocycles. The van der Waals surface area contributed by atoms with Crippen molar-refractivity contribution >= 4 is 0 Å². The fraction of sp³-hybridized carbons (Fsp3) is 0.200. The largest absolute Gasteiger partial charge is 0.349 e. The Kier molecular flexibility index (Phi) is 2.28. The van der Waals surface area contributed by atoms with Gasteiger partial charge in [-0.05, 0) is 12.1 Å². The first-order chi connectivity index (χ1) is 6.83. The number of rotatable bonds is 2. The summed E-state index contributed by atoms with van der Waals surface area (Å²) in [7, 11) is 1.98. The lowest BCUT2D eigenvalue weighted by atomic mass is 10.2. The molecule has 14 heavy (non-hydrogen) atoms. The maximum absolute atomic E-state index is 5.60. The van der Waals surface area contributed by atoms with Crippen molar-refractivity contribution < 1.29 is 0 Å². The van der Waals surface area contributed by atoms with Crippen LogP contribution in [0.2, 0.25) is 0 Å². The average Bonchev–Trinajstić information content (AvgIpc) is 2.64. The fourth-order valence-corrected chi connectivity index (χ4v) is 1.44. The SMILES string of the molecule is Cn1cccc1-c1nccnc1CN. The van der Waals surface area contributed by atoms with E-state index >= 15 is 0 Å². The Balaban J connectivity index is 2.56. The number of hydrogen-bond acceptors (Lipinski definition) is 3. The van der Waals surface area contributed by atoms with Gasteiger partial charge in [0.1, 0.15) is 5.69 Å². The molecule has 0 saturated heterocycles. The van der Waals surface area contributed by atoms with Crippen LogP contribution in [0.5, 0.6) is 0 Å². The second-order valence-corrected chi connectivity index (χ2v) is 3.06. The van der Waals surface area contributed by atoms with Crippen LogP contribution in [0.4, 0.5) is 0 Å². The van der Waals surface area contributed by atoms with Crippen molar-refractivity contribution in [3.8, 4) is 11.4 Å². The van der Waals surface area contributed by atoms with Gasteiger partial charge in [0.05, 0.1) is 11.4 Å². The molecule has 0 spiro atoms. The van der Waals surface area contributed by atoms with Gasteiger partial charge < -0.3 is 10.3 Å². The highest BCUT2D eigenvalue weighted by atomic mass is 15.0. The van der Waals surface area contributed by atoms with Crippen molar-refractivity contribution in [3.05, 3.63) is 36.4 Å². The normalized spacial score (nSPS) is 10.4. The van der Waals surface area contributed by atoms with Gasteiger partial charge in [-0.1, -0.05) is 0 Å². The molecule has 2 aromatic heterocycles. The van der Waals surface area contributed by atoms with Gasteiger partial charge in [-0.3, -0.25) is 9.97 Å². The zero-order valence-corrected chi connectivity index (χ0v) is 8.01. The molecule has 2 aromatic rings. The predicted molar refractivity (Wildman–Crippen MR) is 54.3 cm³/mol. The molecule has 0 saturated carbocycles. The second-order valence-electron chi connectivity index (χ2n) is 3.06. The summed E-state index contributed by atoms with van der Waals surface area (Å²) in [5.41, 5.74) is 8.33. The molecule has 0 amide bonds. The molecular formula is C10H12N4. The smallest absolute Gasteiger partial charge is 0.109 e. The third-order valence-electron chi connectivity index (χ3n) is 2.15. The van der Waals surface area contributed by atoms with Crippen molar-refractivity contribution in [2.45, 2.75) is 6.54 Å². The summed E-state index contributed by atoms with van der Waals surface area (Å²) < 4.78 is 2.00. The maximum Gasteiger partial charge on any atom is 0.109 e. The molecule has 2 rings (SSSR count). The van der Waals surface area contributed by atoms with Gasteiger partial charge >= 0.3 is 0 Å². The first-order valence-corrected chi connectivity index (χ1v) is 4.44. The van der Waals surface area contributed by atoms with E-state index in [1.165, 1.54) is 0 Å². The van der Waals surface area contributed by atoms with E-state index in [2.05, 4.69) is 9.97 Å². The molecule has 0 aliphatic carbocycles.